The minimum Gasteiger partial charge on any atom is -0.491 e. The Morgan fingerprint density at radius 3 is 2.52 bits per heavy atom. The molecule has 1 unspecified atom stereocenters. The van der Waals surface area contributed by atoms with E-state index in [-0.39, 0.29) is 16.0 Å². The van der Waals surface area contributed by atoms with Crippen molar-refractivity contribution in [3.05, 3.63) is 101 Å². The Kier molecular flexibility index (Phi) is 9.93. The van der Waals surface area contributed by atoms with Crippen molar-refractivity contribution in [2.45, 2.75) is 69.1 Å². The molecule has 0 radical (unpaired) electrons. The van der Waals surface area contributed by atoms with Gasteiger partial charge in [0.2, 0.25) is 10.0 Å². The smallest absolute Gasteiger partial charge is 0.328 e. The predicted octanol–water partition coefficient (Wildman–Crippen LogP) is 7.59. The van der Waals surface area contributed by atoms with E-state index in [1.54, 1.807) is 34.6 Å². The van der Waals surface area contributed by atoms with Gasteiger partial charge >= 0.3 is 5.97 Å². The summed E-state index contributed by atoms with van der Waals surface area (Å²) < 4.78 is 42.5. The molecule has 0 spiro atoms. The Bertz CT molecular complexity index is 1820. The topological polar surface area (TPSA) is 109 Å². The lowest BCUT2D eigenvalue weighted by atomic mass is 10.0. The fraction of sp³-hybridized carbons (Fsp3) is 0.361. The zero-order valence-corrected chi connectivity index (χ0v) is 29.1. The first kappa shape index (κ1) is 33.7. The number of para-hydroxylation sites is 1. The van der Waals surface area contributed by atoms with E-state index in [0.29, 0.717) is 44.8 Å². The standard InChI is InChI=1S/C36H44N2O6SSi/c1-36(2,3)46(4,5)44-23-22-43-29-13-15-30(16-14-29)45(41,42)38(21-20-28-25-37-33-9-7-6-8-31(28)33)34-18-12-27-24-26(10-17-32(27)34)11-19-35(39)40/h6-11,13-17,19,24-25,34,37H,12,18,20-23H2,1-5H3,(H,39,40). The number of hydrogen-bond donors (Lipinski definition) is 2. The number of H-pyrrole nitrogens is 1. The number of aliphatic carboxylic acids is 1. The van der Waals surface area contributed by atoms with Gasteiger partial charge in [-0.15, -0.1) is 0 Å². The van der Waals surface area contributed by atoms with Gasteiger partial charge in [0.05, 0.1) is 17.5 Å². The summed E-state index contributed by atoms with van der Waals surface area (Å²) in [7, 11) is -5.76. The van der Waals surface area contributed by atoms with E-state index >= 15 is 0 Å². The van der Waals surface area contributed by atoms with Gasteiger partial charge in [-0.25, -0.2) is 13.2 Å². The average molecular weight is 661 g/mol. The van der Waals surface area contributed by atoms with Crippen molar-refractivity contribution in [3.8, 4) is 5.75 Å². The van der Waals surface area contributed by atoms with Crippen LogP contribution in [0.25, 0.3) is 17.0 Å². The van der Waals surface area contributed by atoms with Crippen molar-refractivity contribution in [2.24, 2.45) is 0 Å². The van der Waals surface area contributed by atoms with Crippen molar-refractivity contribution in [2.75, 3.05) is 19.8 Å². The summed E-state index contributed by atoms with van der Waals surface area (Å²) in [4.78, 5) is 14.5. The van der Waals surface area contributed by atoms with Gasteiger partial charge in [-0.05, 0) is 96.1 Å². The van der Waals surface area contributed by atoms with Crippen molar-refractivity contribution >= 4 is 41.3 Å². The highest BCUT2D eigenvalue weighted by molar-refractivity contribution is 7.89. The number of carbonyl (C=O) groups is 1. The molecule has 1 aliphatic rings. The molecule has 10 heteroatoms. The summed E-state index contributed by atoms with van der Waals surface area (Å²) in [6, 6.07) is 20.1. The van der Waals surface area contributed by atoms with Gasteiger partial charge in [0, 0.05) is 29.7 Å². The molecule has 4 aromatic rings. The van der Waals surface area contributed by atoms with Crippen LogP contribution in [-0.2, 0) is 32.1 Å². The first-order valence-corrected chi connectivity index (χ1v) is 20.1. The number of hydrogen-bond acceptors (Lipinski definition) is 5. The molecule has 244 valence electrons. The average Bonchev–Trinajstić information content (AvgIpc) is 3.62. The third-order valence-electron chi connectivity index (χ3n) is 9.31. The minimum absolute atomic E-state index is 0.114. The third kappa shape index (κ3) is 7.47. The van der Waals surface area contributed by atoms with Crippen LogP contribution in [0.5, 0.6) is 5.75 Å². The van der Waals surface area contributed by atoms with Crippen LogP contribution < -0.4 is 4.74 Å². The van der Waals surface area contributed by atoms with Crippen molar-refractivity contribution in [3.63, 3.8) is 0 Å². The van der Waals surface area contributed by atoms with Gasteiger partial charge in [0.1, 0.15) is 12.4 Å². The zero-order chi connectivity index (χ0) is 33.1. The maximum atomic E-state index is 14.4. The van der Waals surface area contributed by atoms with Crippen molar-refractivity contribution in [1.29, 1.82) is 0 Å². The Hall–Kier alpha value is -3.70. The van der Waals surface area contributed by atoms with E-state index in [0.717, 1.165) is 39.2 Å². The van der Waals surface area contributed by atoms with E-state index in [9.17, 15) is 13.2 Å². The Balaban J connectivity index is 1.37. The molecule has 0 aliphatic heterocycles. The summed E-state index contributed by atoms with van der Waals surface area (Å²) in [6.45, 7) is 12.2. The van der Waals surface area contributed by atoms with Crippen LogP contribution in [0.1, 0.15) is 55.5 Å². The molecule has 0 fully saturated rings. The molecule has 0 bridgehead atoms. The number of rotatable bonds is 13. The third-order valence-corrected chi connectivity index (χ3v) is 15.8. The molecule has 46 heavy (non-hydrogen) atoms. The molecule has 0 saturated carbocycles. The highest BCUT2D eigenvalue weighted by atomic mass is 32.2. The van der Waals surface area contributed by atoms with Gasteiger partial charge in [0.15, 0.2) is 8.32 Å². The lowest BCUT2D eigenvalue weighted by Gasteiger charge is -2.36. The summed E-state index contributed by atoms with van der Waals surface area (Å²) in [5.41, 5.74) is 4.85. The van der Waals surface area contributed by atoms with Crippen LogP contribution in [0.15, 0.2) is 83.9 Å². The predicted molar refractivity (Wildman–Crippen MR) is 185 cm³/mol. The van der Waals surface area contributed by atoms with Crippen LogP contribution in [0.4, 0.5) is 0 Å². The number of aromatic nitrogens is 1. The van der Waals surface area contributed by atoms with Gasteiger partial charge in [0.25, 0.3) is 0 Å². The molecular formula is C36H44N2O6SSi. The van der Waals surface area contributed by atoms with E-state index in [2.05, 4.69) is 38.8 Å². The second-order valence-corrected chi connectivity index (χ2v) is 20.0. The van der Waals surface area contributed by atoms with E-state index in [1.165, 1.54) is 0 Å². The molecule has 0 saturated heterocycles. The molecule has 1 aliphatic carbocycles. The lowest BCUT2D eigenvalue weighted by molar-refractivity contribution is -0.131. The number of fused-ring (bicyclic) bond motifs is 2. The number of aryl methyl sites for hydroxylation is 1. The SMILES string of the molecule is CC(C)(C)[Si](C)(C)OCCOc1ccc(S(=O)(=O)N(CCc2c[nH]c3ccccc23)C2CCc3cc(C=CC(=O)O)ccc32)cc1. The summed E-state index contributed by atoms with van der Waals surface area (Å²) in [6.07, 6.45) is 6.52. The molecule has 1 atom stereocenters. The van der Waals surface area contributed by atoms with Crippen molar-refractivity contribution < 1.29 is 27.5 Å². The number of benzene rings is 3. The van der Waals surface area contributed by atoms with E-state index in [4.69, 9.17) is 14.3 Å². The Morgan fingerprint density at radius 2 is 1.80 bits per heavy atom. The van der Waals surface area contributed by atoms with E-state index in [1.807, 2.05) is 48.7 Å². The number of ether oxygens (including phenoxy) is 1. The largest absolute Gasteiger partial charge is 0.491 e. The Labute approximate surface area is 273 Å². The second-order valence-electron chi connectivity index (χ2n) is 13.3. The molecule has 8 nitrogen and oxygen atoms in total. The molecule has 1 aromatic heterocycles. The first-order chi connectivity index (χ1) is 21.8. The summed E-state index contributed by atoms with van der Waals surface area (Å²) >= 11 is 0. The van der Waals surface area contributed by atoms with E-state index < -0.39 is 24.3 Å². The van der Waals surface area contributed by atoms with Crippen LogP contribution in [0.2, 0.25) is 18.1 Å². The van der Waals surface area contributed by atoms with Crippen molar-refractivity contribution in [1.82, 2.24) is 9.29 Å². The fourth-order valence-electron chi connectivity index (χ4n) is 5.71. The molecule has 1 heterocycles. The molecular weight excluding hydrogens is 617 g/mol. The number of aromatic amines is 1. The van der Waals surface area contributed by atoms with Crippen LogP contribution in [0, 0.1) is 0 Å². The van der Waals surface area contributed by atoms with Gasteiger partial charge in [-0.1, -0.05) is 57.2 Å². The number of carboxylic acids is 1. The molecule has 5 rings (SSSR count). The van der Waals surface area contributed by atoms with Gasteiger partial charge in [-0.2, -0.15) is 4.31 Å². The number of sulfonamides is 1. The molecule has 2 N–H and O–H groups in total. The highest BCUT2D eigenvalue weighted by Gasteiger charge is 2.38. The molecule has 3 aromatic carbocycles. The normalized spacial score (nSPS) is 15.6. The van der Waals surface area contributed by atoms with Gasteiger partial charge < -0.3 is 19.3 Å². The number of carboxylic acid groups (broad SMARTS) is 1. The minimum atomic E-state index is -3.89. The van der Waals surface area contributed by atoms with Crippen LogP contribution in [0.3, 0.4) is 0 Å². The van der Waals surface area contributed by atoms with Crippen LogP contribution >= 0.6 is 0 Å². The fourth-order valence-corrected chi connectivity index (χ4v) is 8.38. The number of nitrogens with zero attached hydrogens (tertiary/aromatic N) is 1. The number of nitrogens with one attached hydrogen (secondary N) is 1. The summed E-state index contributed by atoms with van der Waals surface area (Å²) in [5, 5.41) is 10.2. The molecule has 0 amide bonds. The van der Waals surface area contributed by atoms with Crippen LogP contribution in [-0.4, -0.2) is 56.9 Å². The second kappa shape index (κ2) is 13.6. The zero-order valence-electron chi connectivity index (χ0n) is 27.2. The maximum absolute atomic E-state index is 14.4. The first-order valence-electron chi connectivity index (χ1n) is 15.7. The maximum Gasteiger partial charge on any atom is 0.328 e. The van der Waals surface area contributed by atoms with Gasteiger partial charge in [-0.3, -0.25) is 0 Å². The highest BCUT2D eigenvalue weighted by Crippen LogP contribution is 2.40. The lowest BCUT2D eigenvalue weighted by Crippen LogP contribution is -2.41. The Morgan fingerprint density at radius 1 is 1.07 bits per heavy atom. The summed E-state index contributed by atoms with van der Waals surface area (Å²) in [5.74, 6) is -0.417. The quantitative estimate of drug-likeness (QED) is 0.0869. The monoisotopic (exact) mass is 660 g/mol.